The summed E-state index contributed by atoms with van der Waals surface area (Å²) >= 11 is 0. The summed E-state index contributed by atoms with van der Waals surface area (Å²) in [6, 6.07) is 3.94. The highest BCUT2D eigenvalue weighted by atomic mass is 16.4. The van der Waals surface area contributed by atoms with Crippen molar-refractivity contribution >= 4 is 11.7 Å². The number of carboxylic acids is 1. The van der Waals surface area contributed by atoms with Gasteiger partial charge >= 0.3 is 5.97 Å². The van der Waals surface area contributed by atoms with Crippen molar-refractivity contribution < 1.29 is 9.90 Å². The molecule has 1 aromatic heterocycles. The quantitative estimate of drug-likeness (QED) is 0.764. The molecule has 0 saturated carbocycles. The fraction of sp³-hybridized carbons (Fsp3) is 0.538. The molecule has 0 aliphatic carbocycles. The van der Waals surface area contributed by atoms with Gasteiger partial charge in [0.05, 0.1) is 0 Å². The Kier molecular flexibility index (Phi) is 5.46. The SMILES string of the molecule is Cc1cc(NCCC(C)CCC(=O)O)ccn1. The lowest BCUT2D eigenvalue weighted by molar-refractivity contribution is -0.137. The van der Waals surface area contributed by atoms with Crippen LogP contribution in [-0.2, 0) is 4.79 Å². The number of aliphatic carboxylic acids is 1. The molecule has 1 atom stereocenters. The highest BCUT2D eigenvalue weighted by Gasteiger charge is 2.05. The van der Waals surface area contributed by atoms with Crippen molar-refractivity contribution in [3.05, 3.63) is 24.0 Å². The molecule has 0 aromatic carbocycles. The topological polar surface area (TPSA) is 62.2 Å². The van der Waals surface area contributed by atoms with Gasteiger partial charge < -0.3 is 10.4 Å². The molecule has 94 valence electrons. The van der Waals surface area contributed by atoms with Crippen LogP contribution >= 0.6 is 0 Å². The van der Waals surface area contributed by atoms with Crippen LogP contribution in [0.4, 0.5) is 5.69 Å². The van der Waals surface area contributed by atoms with E-state index in [1.807, 2.05) is 19.1 Å². The third-order valence-corrected chi connectivity index (χ3v) is 2.71. The lowest BCUT2D eigenvalue weighted by Gasteiger charge is -2.11. The second kappa shape index (κ2) is 6.89. The predicted molar refractivity (Wildman–Crippen MR) is 68.1 cm³/mol. The molecule has 0 aliphatic heterocycles. The van der Waals surface area contributed by atoms with E-state index in [0.29, 0.717) is 5.92 Å². The van der Waals surface area contributed by atoms with Crippen molar-refractivity contribution in [3.63, 3.8) is 0 Å². The minimum Gasteiger partial charge on any atom is -0.481 e. The molecule has 0 saturated heterocycles. The molecule has 0 spiro atoms. The Morgan fingerprint density at radius 2 is 2.29 bits per heavy atom. The molecule has 0 fully saturated rings. The molecule has 2 N–H and O–H groups in total. The van der Waals surface area contributed by atoms with Gasteiger partial charge in [0.2, 0.25) is 0 Å². The second-order valence-electron chi connectivity index (χ2n) is 4.44. The third-order valence-electron chi connectivity index (χ3n) is 2.71. The van der Waals surface area contributed by atoms with E-state index < -0.39 is 5.97 Å². The van der Waals surface area contributed by atoms with Gasteiger partial charge in [0.15, 0.2) is 0 Å². The van der Waals surface area contributed by atoms with Crippen LogP contribution in [0.1, 0.15) is 31.9 Å². The molecule has 1 heterocycles. The number of hydrogen-bond acceptors (Lipinski definition) is 3. The van der Waals surface area contributed by atoms with Gasteiger partial charge in [0, 0.05) is 30.5 Å². The molecule has 0 bridgehead atoms. The molecule has 17 heavy (non-hydrogen) atoms. The fourth-order valence-corrected chi connectivity index (χ4v) is 1.63. The van der Waals surface area contributed by atoms with Crippen molar-refractivity contribution in [2.45, 2.75) is 33.1 Å². The Morgan fingerprint density at radius 1 is 1.53 bits per heavy atom. The zero-order valence-corrected chi connectivity index (χ0v) is 10.4. The summed E-state index contributed by atoms with van der Waals surface area (Å²) in [6.45, 7) is 4.91. The first-order valence-corrected chi connectivity index (χ1v) is 5.96. The highest BCUT2D eigenvalue weighted by molar-refractivity contribution is 5.66. The van der Waals surface area contributed by atoms with E-state index in [2.05, 4.69) is 17.2 Å². The number of anilines is 1. The summed E-state index contributed by atoms with van der Waals surface area (Å²) < 4.78 is 0. The zero-order chi connectivity index (χ0) is 12.7. The van der Waals surface area contributed by atoms with E-state index in [0.717, 1.165) is 30.8 Å². The number of aryl methyl sites for hydroxylation is 1. The average molecular weight is 236 g/mol. The van der Waals surface area contributed by atoms with Crippen LogP contribution in [0.3, 0.4) is 0 Å². The van der Waals surface area contributed by atoms with Crippen molar-refractivity contribution in [1.29, 1.82) is 0 Å². The van der Waals surface area contributed by atoms with E-state index in [1.54, 1.807) is 6.20 Å². The number of nitrogens with one attached hydrogen (secondary N) is 1. The van der Waals surface area contributed by atoms with Gasteiger partial charge in [-0.05, 0) is 37.8 Å². The van der Waals surface area contributed by atoms with Gasteiger partial charge in [-0.15, -0.1) is 0 Å². The van der Waals surface area contributed by atoms with Gasteiger partial charge in [0.25, 0.3) is 0 Å². The Balaban J connectivity index is 2.21. The lowest BCUT2D eigenvalue weighted by Crippen LogP contribution is -2.08. The maximum Gasteiger partial charge on any atom is 0.303 e. The zero-order valence-electron chi connectivity index (χ0n) is 10.4. The van der Waals surface area contributed by atoms with E-state index in [4.69, 9.17) is 5.11 Å². The van der Waals surface area contributed by atoms with Gasteiger partial charge in [-0.25, -0.2) is 0 Å². The Bertz CT molecular complexity index is 366. The first-order chi connectivity index (χ1) is 8.08. The summed E-state index contributed by atoms with van der Waals surface area (Å²) in [6.07, 6.45) is 3.77. The molecule has 0 radical (unpaired) electrons. The highest BCUT2D eigenvalue weighted by Crippen LogP contribution is 2.12. The van der Waals surface area contributed by atoms with Crippen LogP contribution in [0.2, 0.25) is 0 Å². The Morgan fingerprint density at radius 3 is 2.94 bits per heavy atom. The minimum atomic E-state index is -0.713. The number of pyridine rings is 1. The summed E-state index contributed by atoms with van der Waals surface area (Å²) in [5.41, 5.74) is 2.07. The minimum absolute atomic E-state index is 0.259. The van der Waals surface area contributed by atoms with Crippen molar-refractivity contribution in [3.8, 4) is 0 Å². The number of nitrogens with zero attached hydrogens (tertiary/aromatic N) is 1. The molecule has 4 nitrogen and oxygen atoms in total. The number of aromatic nitrogens is 1. The van der Waals surface area contributed by atoms with Crippen LogP contribution in [0.15, 0.2) is 18.3 Å². The summed E-state index contributed by atoms with van der Waals surface area (Å²) in [5, 5.41) is 11.9. The standard InChI is InChI=1S/C13H20N2O2/c1-10(3-4-13(16)17)5-7-15-12-6-8-14-11(2)9-12/h6,8-10H,3-5,7H2,1-2H3,(H,14,15)(H,16,17). The van der Waals surface area contributed by atoms with E-state index in [-0.39, 0.29) is 6.42 Å². The van der Waals surface area contributed by atoms with Crippen LogP contribution < -0.4 is 5.32 Å². The summed E-state index contributed by atoms with van der Waals surface area (Å²) in [4.78, 5) is 14.5. The monoisotopic (exact) mass is 236 g/mol. The van der Waals surface area contributed by atoms with Gasteiger partial charge in [0.1, 0.15) is 0 Å². The van der Waals surface area contributed by atoms with Crippen molar-refractivity contribution in [2.75, 3.05) is 11.9 Å². The fourth-order valence-electron chi connectivity index (χ4n) is 1.63. The van der Waals surface area contributed by atoms with Gasteiger partial charge in [-0.1, -0.05) is 6.92 Å². The Labute approximate surface area is 102 Å². The molecule has 0 aliphatic rings. The summed E-state index contributed by atoms with van der Waals surface area (Å²) in [5.74, 6) is -0.281. The molecule has 4 heteroatoms. The molecule has 1 rings (SSSR count). The van der Waals surface area contributed by atoms with Gasteiger partial charge in [-0.3, -0.25) is 9.78 Å². The molecule has 0 amide bonds. The smallest absolute Gasteiger partial charge is 0.303 e. The molecular weight excluding hydrogens is 216 g/mol. The van der Waals surface area contributed by atoms with Crippen LogP contribution in [0, 0.1) is 12.8 Å². The van der Waals surface area contributed by atoms with Crippen molar-refractivity contribution in [1.82, 2.24) is 4.98 Å². The number of rotatable bonds is 7. The second-order valence-corrected chi connectivity index (χ2v) is 4.44. The van der Waals surface area contributed by atoms with Crippen LogP contribution in [-0.4, -0.2) is 22.6 Å². The first-order valence-electron chi connectivity index (χ1n) is 5.96. The molecule has 1 unspecified atom stereocenters. The lowest BCUT2D eigenvalue weighted by atomic mass is 10.0. The maximum atomic E-state index is 10.4. The molecular formula is C13H20N2O2. The van der Waals surface area contributed by atoms with Gasteiger partial charge in [-0.2, -0.15) is 0 Å². The maximum absolute atomic E-state index is 10.4. The van der Waals surface area contributed by atoms with E-state index in [1.165, 1.54) is 0 Å². The molecule has 1 aromatic rings. The third kappa shape index (κ3) is 5.90. The predicted octanol–water partition coefficient (Wildman–Crippen LogP) is 2.69. The first kappa shape index (κ1) is 13.5. The van der Waals surface area contributed by atoms with Crippen LogP contribution in [0.25, 0.3) is 0 Å². The number of hydrogen-bond donors (Lipinski definition) is 2. The van der Waals surface area contributed by atoms with E-state index >= 15 is 0 Å². The number of carbonyl (C=O) groups is 1. The number of carboxylic acid groups (broad SMARTS) is 1. The largest absolute Gasteiger partial charge is 0.481 e. The van der Waals surface area contributed by atoms with E-state index in [9.17, 15) is 4.79 Å². The van der Waals surface area contributed by atoms with Crippen LogP contribution in [0.5, 0.6) is 0 Å². The average Bonchev–Trinajstić information content (AvgIpc) is 2.26. The summed E-state index contributed by atoms with van der Waals surface area (Å²) in [7, 11) is 0. The Hall–Kier alpha value is -1.58. The van der Waals surface area contributed by atoms with Crippen molar-refractivity contribution in [2.24, 2.45) is 5.92 Å². The normalized spacial score (nSPS) is 12.1.